The molecule has 5 nitrogen and oxygen atoms in total. The van der Waals surface area contributed by atoms with Gasteiger partial charge >= 0.3 is 0 Å². The summed E-state index contributed by atoms with van der Waals surface area (Å²) in [5, 5.41) is 2.54. The molecule has 0 aliphatic heterocycles. The van der Waals surface area contributed by atoms with Crippen molar-refractivity contribution in [1.29, 1.82) is 0 Å². The van der Waals surface area contributed by atoms with Crippen molar-refractivity contribution in [3.05, 3.63) is 188 Å². The Morgan fingerprint density at radius 1 is 0.255 bits per heavy atom. The Kier molecular flexibility index (Phi) is 8.28. The molecule has 0 atom stereocenters. The maximum atomic E-state index is 5.14. The van der Waals surface area contributed by atoms with Crippen LogP contribution in [0.2, 0.25) is 0 Å². The van der Waals surface area contributed by atoms with Gasteiger partial charge in [0.2, 0.25) is 0 Å². The first-order valence-corrected chi connectivity index (χ1v) is 19.0. The number of thiophene rings is 1. The second kappa shape index (κ2) is 14.0. The summed E-state index contributed by atoms with van der Waals surface area (Å²) in [6, 6.07) is 64.5. The Morgan fingerprint density at radius 3 is 1.33 bits per heavy atom. The Hall–Kier alpha value is -7.15. The van der Waals surface area contributed by atoms with Gasteiger partial charge in [-0.2, -0.15) is 0 Å². The van der Waals surface area contributed by atoms with Crippen LogP contribution in [0.5, 0.6) is 0 Å². The largest absolute Gasteiger partial charge is 0.228 e. The molecule has 0 fully saturated rings. The fraction of sp³-hybridized carbons (Fsp3) is 0. The topological polar surface area (TPSA) is 64.5 Å². The fourth-order valence-corrected chi connectivity index (χ4v) is 8.13. The van der Waals surface area contributed by atoms with Gasteiger partial charge in [-0.15, -0.1) is 11.3 Å². The molecule has 258 valence electrons. The van der Waals surface area contributed by atoms with Crippen molar-refractivity contribution in [2.75, 3.05) is 0 Å². The van der Waals surface area contributed by atoms with Crippen LogP contribution in [-0.4, -0.2) is 24.9 Å². The third-order valence-corrected chi connectivity index (χ3v) is 10.9. The first-order valence-electron chi connectivity index (χ1n) is 18.2. The third-order valence-electron chi connectivity index (χ3n) is 9.74. The zero-order valence-corrected chi connectivity index (χ0v) is 30.4. The summed E-state index contributed by atoms with van der Waals surface area (Å²) < 4.78 is 2.51. The number of fused-ring (bicyclic) bond motifs is 3. The van der Waals surface area contributed by atoms with Crippen molar-refractivity contribution >= 4 is 31.5 Å². The first-order chi connectivity index (χ1) is 27.2. The summed E-state index contributed by atoms with van der Waals surface area (Å²) in [5.41, 5.74) is 9.56. The van der Waals surface area contributed by atoms with Gasteiger partial charge in [-0.3, -0.25) is 0 Å². The molecule has 3 heterocycles. The average molecular weight is 722 g/mol. The molecule has 6 heteroatoms. The van der Waals surface area contributed by atoms with E-state index in [0.717, 1.165) is 55.9 Å². The van der Waals surface area contributed by atoms with E-state index >= 15 is 0 Å². The molecule has 0 unspecified atom stereocenters. The van der Waals surface area contributed by atoms with E-state index in [1.165, 1.54) is 20.2 Å². The summed E-state index contributed by atoms with van der Waals surface area (Å²) in [5.74, 6) is 2.48. The molecule has 0 aliphatic carbocycles. The third kappa shape index (κ3) is 6.45. The van der Waals surface area contributed by atoms with Gasteiger partial charge in [0.15, 0.2) is 23.3 Å². The van der Waals surface area contributed by atoms with E-state index < -0.39 is 0 Å². The van der Waals surface area contributed by atoms with Crippen LogP contribution in [0, 0.1) is 0 Å². The van der Waals surface area contributed by atoms with Gasteiger partial charge in [-0.1, -0.05) is 158 Å². The van der Waals surface area contributed by atoms with Crippen LogP contribution in [0.15, 0.2) is 188 Å². The van der Waals surface area contributed by atoms with E-state index in [2.05, 4.69) is 121 Å². The molecule has 0 bridgehead atoms. The number of nitrogens with zero attached hydrogens (tertiary/aromatic N) is 5. The summed E-state index contributed by atoms with van der Waals surface area (Å²) in [6.07, 6.45) is 0. The van der Waals surface area contributed by atoms with Crippen LogP contribution >= 0.6 is 11.3 Å². The standard InChI is InChI=1S/C49H31N5S/c1-4-14-32(15-5-1)35-20-12-22-38(28-35)48-52-47(34-18-8-3-9-19-34)53-49(54-48)39-23-13-21-36(29-39)42-31-43(51-46(50-42)33-16-6-2-7-17-33)37-26-27-41-40-24-10-11-25-44(40)55-45(41)30-37/h1-31H. The van der Waals surface area contributed by atoms with Gasteiger partial charge in [0, 0.05) is 53.6 Å². The number of hydrogen-bond acceptors (Lipinski definition) is 6. The summed E-state index contributed by atoms with van der Waals surface area (Å²) in [7, 11) is 0. The van der Waals surface area contributed by atoms with Crippen molar-refractivity contribution in [3.63, 3.8) is 0 Å². The fourth-order valence-electron chi connectivity index (χ4n) is 6.98. The Bertz CT molecular complexity index is 2980. The highest BCUT2D eigenvalue weighted by atomic mass is 32.1. The van der Waals surface area contributed by atoms with Gasteiger partial charge in [0.05, 0.1) is 11.4 Å². The lowest BCUT2D eigenvalue weighted by Gasteiger charge is -2.12. The van der Waals surface area contributed by atoms with Crippen molar-refractivity contribution < 1.29 is 0 Å². The Morgan fingerprint density at radius 2 is 0.691 bits per heavy atom. The quantitative estimate of drug-likeness (QED) is 0.164. The van der Waals surface area contributed by atoms with E-state index in [9.17, 15) is 0 Å². The molecule has 7 aromatic carbocycles. The van der Waals surface area contributed by atoms with E-state index in [-0.39, 0.29) is 0 Å². The van der Waals surface area contributed by atoms with Crippen LogP contribution in [0.1, 0.15) is 0 Å². The summed E-state index contributed by atoms with van der Waals surface area (Å²) in [4.78, 5) is 25.4. The molecule has 10 rings (SSSR count). The number of benzene rings is 7. The monoisotopic (exact) mass is 721 g/mol. The highest BCUT2D eigenvalue weighted by Crippen LogP contribution is 2.37. The molecule has 10 aromatic rings. The molecule has 0 spiro atoms. The molecule has 55 heavy (non-hydrogen) atoms. The summed E-state index contributed by atoms with van der Waals surface area (Å²) >= 11 is 1.81. The SMILES string of the molecule is c1ccc(-c2cccc(-c3nc(-c4ccccc4)nc(-c4cccc(-c5cc(-c6ccc7c(c6)sc6ccccc67)nc(-c6ccccc6)n5)c4)n3)c2)cc1. The van der Waals surface area contributed by atoms with Crippen LogP contribution in [0.4, 0.5) is 0 Å². The Labute approximate surface area is 322 Å². The molecule has 0 saturated heterocycles. The van der Waals surface area contributed by atoms with Crippen LogP contribution in [-0.2, 0) is 0 Å². The van der Waals surface area contributed by atoms with Crippen LogP contribution in [0.25, 0.3) is 99.4 Å². The molecule has 0 amide bonds. The smallest absolute Gasteiger partial charge is 0.164 e. The second-order valence-electron chi connectivity index (χ2n) is 13.3. The highest BCUT2D eigenvalue weighted by Gasteiger charge is 2.16. The highest BCUT2D eigenvalue weighted by molar-refractivity contribution is 7.25. The molecule has 0 saturated carbocycles. The molecular formula is C49H31N5S. The van der Waals surface area contributed by atoms with E-state index in [4.69, 9.17) is 24.9 Å². The van der Waals surface area contributed by atoms with E-state index in [1.807, 2.05) is 78.1 Å². The van der Waals surface area contributed by atoms with Crippen molar-refractivity contribution in [2.24, 2.45) is 0 Å². The molecule has 0 aliphatic rings. The van der Waals surface area contributed by atoms with E-state index in [1.54, 1.807) is 0 Å². The van der Waals surface area contributed by atoms with Crippen molar-refractivity contribution in [2.45, 2.75) is 0 Å². The minimum absolute atomic E-state index is 0.587. The molecule has 0 N–H and O–H groups in total. The molecule has 3 aromatic heterocycles. The van der Waals surface area contributed by atoms with Gasteiger partial charge in [0.1, 0.15) is 0 Å². The average Bonchev–Trinajstić information content (AvgIpc) is 3.65. The lowest BCUT2D eigenvalue weighted by Crippen LogP contribution is -2.00. The number of aromatic nitrogens is 5. The van der Waals surface area contributed by atoms with Crippen molar-refractivity contribution in [3.8, 4) is 79.2 Å². The van der Waals surface area contributed by atoms with E-state index in [0.29, 0.717) is 23.3 Å². The maximum absolute atomic E-state index is 5.14. The maximum Gasteiger partial charge on any atom is 0.164 e. The number of rotatable bonds is 7. The van der Waals surface area contributed by atoms with Gasteiger partial charge in [-0.05, 0) is 41.5 Å². The Balaban J connectivity index is 1.10. The molecular weight excluding hydrogens is 691 g/mol. The van der Waals surface area contributed by atoms with Crippen molar-refractivity contribution in [1.82, 2.24) is 24.9 Å². The van der Waals surface area contributed by atoms with Gasteiger partial charge in [0.25, 0.3) is 0 Å². The molecule has 0 radical (unpaired) electrons. The van der Waals surface area contributed by atoms with Crippen LogP contribution < -0.4 is 0 Å². The zero-order valence-electron chi connectivity index (χ0n) is 29.5. The number of hydrogen-bond donors (Lipinski definition) is 0. The lowest BCUT2D eigenvalue weighted by molar-refractivity contribution is 1.07. The van der Waals surface area contributed by atoms with Gasteiger partial charge < -0.3 is 0 Å². The van der Waals surface area contributed by atoms with Crippen LogP contribution in [0.3, 0.4) is 0 Å². The van der Waals surface area contributed by atoms with Gasteiger partial charge in [-0.25, -0.2) is 24.9 Å². The zero-order chi connectivity index (χ0) is 36.6. The predicted molar refractivity (Wildman–Crippen MR) is 226 cm³/mol. The predicted octanol–water partition coefficient (Wildman–Crippen LogP) is 12.7. The minimum atomic E-state index is 0.587. The summed E-state index contributed by atoms with van der Waals surface area (Å²) in [6.45, 7) is 0. The second-order valence-corrected chi connectivity index (χ2v) is 14.4. The minimum Gasteiger partial charge on any atom is -0.228 e. The lowest BCUT2D eigenvalue weighted by atomic mass is 10.0. The normalized spacial score (nSPS) is 11.3. The first kappa shape index (κ1) is 32.5.